The van der Waals surface area contributed by atoms with Crippen LogP contribution < -0.4 is 9.47 Å². The van der Waals surface area contributed by atoms with Gasteiger partial charge in [0.25, 0.3) is 5.69 Å². The Hall–Kier alpha value is -3.20. The van der Waals surface area contributed by atoms with Crippen molar-refractivity contribution in [1.29, 1.82) is 0 Å². The highest BCUT2D eigenvalue weighted by atomic mass is 35.5. The molecule has 0 saturated carbocycles. The van der Waals surface area contributed by atoms with E-state index in [-0.39, 0.29) is 17.2 Å². The minimum Gasteiger partial charge on any atom is -0.493 e. The maximum Gasteiger partial charge on any atom is 0.387 e. The maximum absolute atomic E-state index is 12.5. The molecule has 1 heterocycles. The van der Waals surface area contributed by atoms with Crippen molar-refractivity contribution in [3.05, 3.63) is 56.9 Å². The minimum absolute atomic E-state index is 0.0788. The Bertz CT molecular complexity index is 1040. The molecule has 0 fully saturated rings. The molecule has 0 N–H and O–H groups in total. The molecule has 1 aromatic heterocycles. The lowest BCUT2D eigenvalue weighted by atomic mass is 10.1. The molecule has 0 unspecified atom stereocenters. The zero-order valence-corrected chi connectivity index (χ0v) is 14.4. The van der Waals surface area contributed by atoms with Gasteiger partial charge in [0, 0.05) is 11.1 Å². The van der Waals surface area contributed by atoms with Gasteiger partial charge < -0.3 is 13.9 Å². The summed E-state index contributed by atoms with van der Waals surface area (Å²) in [6.07, 6.45) is 2.77. The average molecular weight is 397 g/mol. The molecule has 7 nitrogen and oxygen atoms in total. The number of ether oxygens (including phenoxy) is 2. The monoisotopic (exact) mass is 396 g/mol. The first-order valence-corrected chi connectivity index (χ1v) is 7.80. The number of halogens is 3. The highest BCUT2D eigenvalue weighted by molar-refractivity contribution is 6.31. The summed E-state index contributed by atoms with van der Waals surface area (Å²) in [4.78, 5) is 14.8. The number of nitrogens with zero attached hydrogens (tertiary/aromatic N) is 2. The van der Waals surface area contributed by atoms with Gasteiger partial charge in [-0.05, 0) is 30.3 Å². The van der Waals surface area contributed by atoms with Crippen LogP contribution in [0.25, 0.3) is 23.3 Å². The quantitative estimate of drug-likeness (QED) is 0.422. The number of hydrogen-bond donors (Lipinski definition) is 0. The molecule has 0 bridgehead atoms. The SMILES string of the molecule is COc1cc(/C=C/c2nc3cc(Cl)ccc3o2)c([N+](=O)[O-])cc1OC(F)F. The van der Waals surface area contributed by atoms with Crippen LogP contribution >= 0.6 is 11.6 Å². The zero-order valence-electron chi connectivity index (χ0n) is 13.7. The lowest BCUT2D eigenvalue weighted by molar-refractivity contribution is -0.385. The third kappa shape index (κ3) is 4.14. The van der Waals surface area contributed by atoms with Crippen LogP contribution in [0.5, 0.6) is 11.5 Å². The van der Waals surface area contributed by atoms with E-state index in [1.807, 2.05) is 0 Å². The molecule has 0 atom stereocenters. The molecule has 10 heteroatoms. The van der Waals surface area contributed by atoms with Gasteiger partial charge in [0.05, 0.1) is 23.7 Å². The summed E-state index contributed by atoms with van der Waals surface area (Å²) in [6, 6.07) is 6.98. The fraction of sp³-hybridized carbons (Fsp3) is 0.118. The summed E-state index contributed by atoms with van der Waals surface area (Å²) in [5.74, 6) is -0.328. The van der Waals surface area contributed by atoms with Crippen molar-refractivity contribution < 1.29 is 27.6 Å². The molecule has 3 aromatic rings. The van der Waals surface area contributed by atoms with Gasteiger partial charge >= 0.3 is 6.61 Å². The molecule has 27 heavy (non-hydrogen) atoms. The van der Waals surface area contributed by atoms with Gasteiger partial charge in [0.2, 0.25) is 5.89 Å². The van der Waals surface area contributed by atoms with E-state index in [1.54, 1.807) is 18.2 Å². The molecule has 0 spiro atoms. The fourth-order valence-electron chi connectivity index (χ4n) is 2.35. The zero-order chi connectivity index (χ0) is 19.6. The maximum atomic E-state index is 12.5. The van der Waals surface area contributed by atoms with Gasteiger partial charge in [0.1, 0.15) is 5.52 Å². The van der Waals surface area contributed by atoms with Gasteiger partial charge in [-0.3, -0.25) is 10.1 Å². The topological polar surface area (TPSA) is 87.6 Å². The van der Waals surface area contributed by atoms with Gasteiger partial charge in [-0.1, -0.05) is 11.6 Å². The second-order valence-corrected chi connectivity index (χ2v) is 5.63. The highest BCUT2D eigenvalue weighted by Gasteiger charge is 2.20. The first-order valence-electron chi connectivity index (χ1n) is 7.43. The van der Waals surface area contributed by atoms with Crippen molar-refractivity contribution in [1.82, 2.24) is 4.98 Å². The first-order chi connectivity index (χ1) is 12.9. The van der Waals surface area contributed by atoms with Gasteiger partial charge in [-0.25, -0.2) is 4.98 Å². The second-order valence-electron chi connectivity index (χ2n) is 5.19. The van der Waals surface area contributed by atoms with E-state index in [1.165, 1.54) is 25.3 Å². The standard InChI is InChI=1S/C17H11ClF2N2O5/c1-25-14-6-9(12(22(23)24)8-15(14)27-17(19)20)2-5-16-21-11-7-10(18)3-4-13(11)26-16/h2-8,17H,1H3/b5-2+. The predicted octanol–water partition coefficient (Wildman–Crippen LogP) is 5.17. The molecule has 3 rings (SSSR count). The van der Waals surface area contributed by atoms with Crippen LogP contribution in [-0.4, -0.2) is 23.6 Å². The van der Waals surface area contributed by atoms with Crippen molar-refractivity contribution in [3.8, 4) is 11.5 Å². The number of oxazole rings is 1. The number of fused-ring (bicyclic) bond motifs is 1. The minimum atomic E-state index is -3.15. The van der Waals surface area contributed by atoms with Crippen LogP contribution in [-0.2, 0) is 0 Å². The third-order valence-corrected chi connectivity index (χ3v) is 3.73. The fourth-order valence-corrected chi connectivity index (χ4v) is 2.52. The Morgan fingerprint density at radius 2 is 2.04 bits per heavy atom. The number of rotatable bonds is 6. The molecule has 0 saturated heterocycles. The van der Waals surface area contributed by atoms with E-state index >= 15 is 0 Å². The molecule has 0 aliphatic carbocycles. The summed E-state index contributed by atoms with van der Waals surface area (Å²) in [5, 5.41) is 11.8. The average Bonchev–Trinajstić information content (AvgIpc) is 3.01. The lowest BCUT2D eigenvalue weighted by Gasteiger charge is -2.10. The van der Waals surface area contributed by atoms with Crippen LogP contribution in [0, 0.1) is 10.1 Å². The number of hydrogen-bond acceptors (Lipinski definition) is 6. The van der Waals surface area contributed by atoms with Crippen molar-refractivity contribution in [2.24, 2.45) is 0 Å². The van der Waals surface area contributed by atoms with Crippen LogP contribution in [0.1, 0.15) is 11.5 Å². The summed E-state index contributed by atoms with van der Waals surface area (Å²) in [6.45, 7) is -3.15. The van der Waals surface area contributed by atoms with E-state index < -0.39 is 23.0 Å². The molecule has 0 aliphatic rings. The third-order valence-electron chi connectivity index (χ3n) is 3.50. The summed E-state index contributed by atoms with van der Waals surface area (Å²) >= 11 is 5.89. The molecule has 0 radical (unpaired) electrons. The molecular formula is C17H11ClF2N2O5. The van der Waals surface area contributed by atoms with Crippen molar-refractivity contribution in [3.63, 3.8) is 0 Å². The summed E-state index contributed by atoms with van der Waals surface area (Å²) in [7, 11) is 1.23. The largest absolute Gasteiger partial charge is 0.493 e. The second kappa shape index (κ2) is 7.58. The number of nitro groups is 1. The lowest BCUT2D eigenvalue weighted by Crippen LogP contribution is -2.05. The van der Waals surface area contributed by atoms with Gasteiger partial charge in [-0.15, -0.1) is 0 Å². The molecule has 0 aliphatic heterocycles. The van der Waals surface area contributed by atoms with E-state index in [0.29, 0.717) is 16.1 Å². The van der Waals surface area contributed by atoms with E-state index in [0.717, 1.165) is 6.07 Å². The van der Waals surface area contributed by atoms with E-state index in [9.17, 15) is 18.9 Å². The van der Waals surface area contributed by atoms with Crippen molar-refractivity contribution >= 4 is 40.5 Å². The molecule has 140 valence electrons. The number of alkyl halides is 2. The smallest absolute Gasteiger partial charge is 0.387 e. The highest BCUT2D eigenvalue weighted by Crippen LogP contribution is 2.36. The Labute approximate surface area is 155 Å². The number of benzene rings is 2. The first kappa shape index (κ1) is 18.6. The van der Waals surface area contributed by atoms with E-state index in [4.69, 9.17) is 20.8 Å². The van der Waals surface area contributed by atoms with Crippen LogP contribution in [0.4, 0.5) is 14.5 Å². The Balaban J connectivity index is 2.00. The van der Waals surface area contributed by atoms with Gasteiger partial charge in [-0.2, -0.15) is 8.78 Å². The van der Waals surface area contributed by atoms with E-state index in [2.05, 4.69) is 9.72 Å². The van der Waals surface area contributed by atoms with Crippen LogP contribution in [0.15, 0.2) is 34.7 Å². The summed E-state index contributed by atoms with van der Waals surface area (Å²) in [5.41, 5.74) is 0.669. The Morgan fingerprint density at radius 1 is 1.26 bits per heavy atom. The molecule has 0 amide bonds. The number of aromatic nitrogens is 1. The normalized spacial score (nSPS) is 11.4. The van der Waals surface area contributed by atoms with Crippen LogP contribution in [0.2, 0.25) is 5.02 Å². The number of nitro benzene ring substituents is 1. The Morgan fingerprint density at radius 3 is 2.70 bits per heavy atom. The van der Waals surface area contributed by atoms with Gasteiger partial charge in [0.15, 0.2) is 17.1 Å². The summed E-state index contributed by atoms with van der Waals surface area (Å²) < 4.78 is 39.7. The van der Waals surface area contributed by atoms with Crippen molar-refractivity contribution in [2.75, 3.05) is 7.11 Å². The predicted molar refractivity (Wildman–Crippen MR) is 94.2 cm³/mol. The van der Waals surface area contributed by atoms with Crippen LogP contribution in [0.3, 0.4) is 0 Å². The van der Waals surface area contributed by atoms with Crippen molar-refractivity contribution in [2.45, 2.75) is 6.61 Å². The number of methoxy groups -OCH3 is 1. The Kier molecular flexibility index (Phi) is 5.22. The molecule has 2 aromatic carbocycles. The molecular weight excluding hydrogens is 386 g/mol.